The number of carbonyl (C=O) groups is 1. The highest BCUT2D eigenvalue weighted by Crippen LogP contribution is 2.23. The number of anilines is 1. The summed E-state index contributed by atoms with van der Waals surface area (Å²) < 4.78 is 43.4. The molecular formula is C23H23N3O6S. The third kappa shape index (κ3) is 6.01. The molecule has 3 rings (SSSR count). The lowest BCUT2D eigenvalue weighted by molar-refractivity contribution is 0.0955. The average Bonchev–Trinajstić information content (AvgIpc) is 2.84. The van der Waals surface area contributed by atoms with Crippen molar-refractivity contribution in [3.63, 3.8) is 0 Å². The monoisotopic (exact) mass is 469 g/mol. The highest BCUT2D eigenvalue weighted by Gasteiger charge is 2.16. The van der Waals surface area contributed by atoms with Gasteiger partial charge in [0.1, 0.15) is 17.2 Å². The minimum absolute atomic E-state index is 0.0632. The third-order valence-electron chi connectivity index (χ3n) is 4.56. The van der Waals surface area contributed by atoms with Gasteiger partial charge in [-0.25, -0.2) is 13.8 Å². The Labute approximate surface area is 192 Å². The summed E-state index contributed by atoms with van der Waals surface area (Å²) in [5.41, 5.74) is 3.50. The van der Waals surface area contributed by atoms with E-state index in [1.54, 1.807) is 49.6 Å². The number of methoxy groups -OCH3 is 3. The Morgan fingerprint density at radius 1 is 0.879 bits per heavy atom. The van der Waals surface area contributed by atoms with Gasteiger partial charge in [-0.15, -0.1) is 0 Å². The third-order valence-corrected chi connectivity index (χ3v) is 5.94. The van der Waals surface area contributed by atoms with Crippen LogP contribution < -0.4 is 24.4 Å². The molecule has 0 aliphatic carbocycles. The molecule has 3 aromatic rings. The van der Waals surface area contributed by atoms with Gasteiger partial charge in [-0.1, -0.05) is 6.07 Å². The van der Waals surface area contributed by atoms with E-state index in [2.05, 4.69) is 15.2 Å². The number of nitrogens with one attached hydrogen (secondary N) is 2. The van der Waals surface area contributed by atoms with Gasteiger partial charge in [-0.3, -0.25) is 9.52 Å². The average molecular weight is 470 g/mol. The number of sulfonamides is 1. The van der Waals surface area contributed by atoms with Crippen LogP contribution in [0.4, 0.5) is 5.69 Å². The van der Waals surface area contributed by atoms with Gasteiger partial charge in [0.25, 0.3) is 15.9 Å². The molecule has 172 valence electrons. The first-order valence-electron chi connectivity index (χ1n) is 9.68. The lowest BCUT2D eigenvalue weighted by Crippen LogP contribution is -2.19. The number of hydrogen-bond acceptors (Lipinski definition) is 7. The Morgan fingerprint density at radius 3 is 2.24 bits per heavy atom. The molecule has 0 fully saturated rings. The van der Waals surface area contributed by atoms with Crippen LogP contribution in [-0.2, 0) is 10.0 Å². The molecule has 0 bridgehead atoms. The van der Waals surface area contributed by atoms with Crippen molar-refractivity contribution in [1.29, 1.82) is 0 Å². The molecule has 0 saturated heterocycles. The van der Waals surface area contributed by atoms with Crippen molar-refractivity contribution in [2.45, 2.75) is 4.90 Å². The van der Waals surface area contributed by atoms with Crippen molar-refractivity contribution in [2.75, 3.05) is 26.1 Å². The van der Waals surface area contributed by atoms with Gasteiger partial charge in [0.2, 0.25) is 0 Å². The molecule has 0 spiro atoms. The first-order chi connectivity index (χ1) is 15.9. The van der Waals surface area contributed by atoms with Crippen LogP contribution in [0.25, 0.3) is 0 Å². The fourth-order valence-corrected chi connectivity index (χ4v) is 3.93. The molecule has 3 aromatic carbocycles. The van der Waals surface area contributed by atoms with Crippen molar-refractivity contribution in [1.82, 2.24) is 5.43 Å². The molecule has 1 amide bonds. The standard InChI is InChI=1S/C23H23N3O6S/c1-30-19-11-8-18(9-12-19)26-33(28,29)21-6-4-5-16(13-21)23(27)25-24-15-17-7-10-20(31-2)14-22(17)32-3/h4-15,26H,1-3H3,(H,25,27). The number of amides is 1. The van der Waals surface area contributed by atoms with Gasteiger partial charge >= 0.3 is 0 Å². The molecule has 0 atom stereocenters. The fraction of sp³-hybridized carbons (Fsp3) is 0.130. The number of nitrogens with zero attached hydrogens (tertiary/aromatic N) is 1. The molecule has 0 aliphatic rings. The highest BCUT2D eigenvalue weighted by molar-refractivity contribution is 7.92. The minimum Gasteiger partial charge on any atom is -0.497 e. The second-order valence-electron chi connectivity index (χ2n) is 6.67. The van der Waals surface area contributed by atoms with Crippen LogP contribution in [0.2, 0.25) is 0 Å². The maximum absolute atomic E-state index is 12.7. The van der Waals surface area contributed by atoms with E-state index in [9.17, 15) is 13.2 Å². The van der Waals surface area contributed by atoms with E-state index in [1.807, 2.05) is 0 Å². The van der Waals surface area contributed by atoms with Crippen molar-refractivity contribution in [2.24, 2.45) is 5.10 Å². The van der Waals surface area contributed by atoms with Crippen molar-refractivity contribution >= 4 is 27.8 Å². The lowest BCUT2D eigenvalue weighted by atomic mass is 10.2. The molecular weight excluding hydrogens is 446 g/mol. The lowest BCUT2D eigenvalue weighted by Gasteiger charge is -2.10. The Kier molecular flexibility index (Phi) is 7.52. The maximum atomic E-state index is 12.7. The van der Waals surface area contributed by atoms with E-state index < -0.39 is 15.9 Å². The van der Waals surface area contributed by atoms with Crippen LogP contribution >= 0.6 is 0 Å². The topological polar surface area (TPSA) is 115 Å². The molecule has 0 unspecified atom stereocenters. The summed E-state index contributed by atoms with van der Waals surface area (Å²) in [6, 6.07) is 17.2. The zero-order chi connectivity index (χ0) is 23.8. The van der Waals surface area contributed by atoms with Gasteiger partial charge in [-0.2, -0.15) is 5.10 Å². The van der Waals surface area contributed by atoms with Gasteiger partial charge in [-0.05, 0) is 54.6 Å². The summed E-state index contributed by atoms with van der Waals surface area (Å²) in [5.74, 6) is 1.17. The zero-order valence-corrected chi connectivity index (χ0v) is 19.0. The molecule has 0 aromatic heterocycles. The van der Waals surface area contributed by atoms with Crippen molar-refractivity contribution in [3.05, 3.63) is 77.9 Å². The highest BCUT2D eigenvalue weighted by atomic mass is 32.2. The number of benzene rings is 3. The van der Waals surface area contributed by atoms with E-state index in [0.29, 0.717) is 28.5 Å². The molecule has 0 heterocycles. The quantitative estimate of drug-likeness (QED) is 0.367. The minimum atomic E-state index is -3.91. The van der Waals surface area contributed by atoms with Gasteiger partial charge in [0.05, 0.1) is 32.4 Å². The largest absolute Gasteiger partial charge is 0.497 e. The second-order valence-corrected chi connectivity index (χ2v) is 8.35. The van der Waals surface area contributed by atoms with Gasteiger partial charge < -0.3 is 14.2 Å². The number of ether oxygens (including phenoxy) is 3. The number of hydrazone groups is 1. The molecule has 10 heteroatoms. The smallest absolute Gasteiger partial charge is 0.271 e. The number of carbonyl (C=O) groups excluding carboxylic acids is 1. The Hall–Kier alpha value is -4.05. The maximum Gasteiger partial charge on any atom is 0.271 e. The van der Waals surface area contributed by atoms with Crippen LogP contribution in [0.5, 0.6) is 17.2 Å². The van der Waals surface area contributed by atoms with Crippen LogP contribution in [0.1, 0.15) is 15.9 Å². The summed E-state index contributed by atoms with van der Waals surface area (Å²) in [6.45, 7) is 0. The van der Waals surface area contributed by atoms with E-state index in [0.717, 1.165) is 0 Å². The van der Waals surface area contributed by atoms with Crippen LogP contribution in [0.15, 0.2) is 76.7 Å². The summed E-state index contributed by atoms with van der Waals surface area (Å²) in [7, 11) is 0.671. The summed E-state index contributed by atoms with van der Waals surface area (Å²) in [5, 5.41) is 3.94. The first-order valence-corrected chi connectivity index (χ1v) is 11.2. The second kappa shape index (κ2) is 10.5. The van der Waals surface area contributed by atoms with Crippen LogP contribution in [0, 0.1) is 0 Å². The molecule has 9 nitrogen and oxygen atoms in total. The van der Waals surface area contributed by atoms with E-state index >= 15 is 0 Å². The predicted octanol–water partition coefficient (Wildman–Crippen LogP) is 3.28. The summed E-state index contributed by atoms with van der Waals surface area (Å²) in [4.78, 5) is 12.4. The van der Waals surface area contributed by atoms with Crippen molar-refractivity contribution in [3.8, 4) is 17.2 Å². The van der Waals surface area contributed by atoms with Gasteiger partial charge in [0.15, 0.2) is 0 Å². The SMILES string of the molecule is COc1ccc(NS(=O)(=O)c2cccc(C(=O)NN=Cc3ccc(OC)cc3OC)c2)cc1. The van der Waals surface area contributed by atoms with E-state index in [4.69, 9.17) is 14.2 Å². The van der Waals surface area contributed by atoms with Crippen LogP contribution in [0.3, 0.4) is 0 Å². The van der Waals surface area contributed by atoms with Crippen molar-refractivity contribution < 1.29 is 27.4 Å². The normalized spacial score (nSPS) is 11.1. The predicted molar refractivity (Wildman–Crippen MR) is 125 cm³/mol. The molecule has 0 radical (unpaired) electrons. The molecule has 33 heavy (non-hydrogen) atoms. The Balaban J connectivity index is 1.72. The number of hydrogen-bond donors (Lipinski definition) is 2. The van der Waals surface area contributed by atoms with E-state index in [1.165, 1.54) is 44.7 Å². The summed E-state index contributed by atoms with van der Waals surface area (Å²) >= 11 is 0. The first kappa shape index (κ1) is 23.6. The van der Waals surface area contributed by atoms with Crippen LogP contribution in [-0.4, -0.2) is 41.9 Å². The molecule has 0 saturated carbocycles. The number of rotatable bonds is 9. The Morgan fingerprint density at radius 2 is 1.58 bits per heavy atom. The zero-order valence-electron chi connectivity index (χ0n) is 18.2. The fourth-order valence-electron chi connectivity index (χ4n) is 2.83. The molecule has 2 N–H and O–H groups in total. The van der Waals surface area contributed by atoms with E-state index in [-0.39, 0.29) is 10.5 Å². The van der Waals surface area contributed by atoms with Gasteiger partial charge in [0, 0.05) is 22.9 Å². The Bertz CT molecular complexity index is 1260. The molecule has 0 aliphatic heterocycles. The summed E-state index contributed by atoms with van der Waals surface area (Å²) in [6.07, 6.45) is 1.42.